The molecule has 15 heavy (non-hydrogen) atoms. The van der Waals surface area contributed by atoms with Crippen molar-refractivity contribution >= 4 is 10.9 Å². The minimum atomic E-state index is 0.223. The van der Waals surface area contributed by atoms with E-state index >= 15 is 0 Å². The first-order valence-electron chi connectivity index (χ1n) is 5.48. The minimum Gasteiger partial charge on any atom is -0.346 e. The van der Waals surface area contributed by atoms with Crippen LogP contribution >= 0.6 is 0 Å². The highest BCUT2D eigenvalue weighted by molar-refractivity contribution is 5.79. The summed E-state index contributed by atoms with van der Waals surface area (Å²) >= 11 is 0. The van der Waals surface area contributed by atoms with Gasteiger partial charge >= 0.3 is 0 Å². The van der Waals surface area contributed by atoms with Crippen LogP contribution in [0.15, 0.2) is 36.5 Å². The fourth-order valence-electron chi connectivity index (χ4n) is 1.74. The number of para-hydroxylation sites is 1. The predicted molar refractivity (Wildman–Crippen MR) is 64.8 cm³/mol. The van der Waals surface area contributed by atoms with Crippen LogP contribution in [0.2, 0.25) is 0 Å². The summed E-state index contributed by atoms with van der Waals surface area (Å²) in [7, 11) is 0. The molecular weight excluding hydrogens is 184 g/mol. The van der Waals surface area contributed by atoms with Gasteiger partial charge in [-0.15, -0.1) is 0 Å². The fraction of sp³-hybridized carbons (Fsp3) is 0.385. The molecule has 0 aliphatic carbocycles. The van der Waals surface area contributed by atoms with Crippen LogP contribution in [0, 0.1) is 5.92 Å². The molecule has 0 aliphatic rings. The van der Waals surface area contributed by atoms with Crippen LogP contribution < -0.4 is 5.73 Å². The third-order valence-electron chi connectivity index (χ3n) is 2.94. The molecule has 0 saturated carbocycles. The highest BCUT2D eigenvalue weighted by atomic mass is 15.0. The van der Waals surface area contributed by atoms with Gasteiger partial charge in [0.05, 0.1) is 0 Å². The van der Waals surface area contributed by atoms with Crippen LogP contribution in [0.4, 0.5) is 0 Å². The topological polar surface area (TPSA) is 30.9 Å². The third-order valence-corrected chi connectivity index (χ3v) is 2.94. The largest absolute Gasteiger partial charge is 0.346 e. The molecule has 0 aliphatic heterocycles. The molecule has 2 aromatic rings. The van der Waals surface area contributed by atoms with E-state index in [1.807, 2.05) is 0 Å². The van der Waals surface area contributed by atoms with E-state index in [1.54, 1.807) is 0 Å². The quantitative estimate of drug-likeness (QED) is 0.815. The highest BCUT2D eigenvalue weighted by Gasteiger charge is 2.09. The number of benzene rings is 1. The van der Waals surface area contributed by atoms with E-state index in [4.69, 9.17) is 5.73 Å². The zero-order chi connectivity index (χ0) is 10.8. The highest BCUT2D eigenvalue weighted by Crippen LogP contribution is 2.16. The van der Waals surface area contributed by atoms with Gasteiger partial charge < -0.3 is 10.3 Å². The molecule has 0 radical (unpaired) electrons. The molecular formula is C13H18N2. The second-order valence-electron chi connectivity index (χ2n) is 4.43. The number of aromatic nitrogens is 1. The van der Waals surface area contributed by atoms with Crippen LogP contribution in [0.3, 0.4) is 0 Å². The molecule has 1 atom stereocenters. The number of nitrogens with zero attached hydrogens (tertiary/aromatic N) is 1. The molecule has 0 saturated heterocycles. The van der Waals surface area contributed by atoms with Crippen LogP contribution in [-0.4, -0.2) is 10.6 Å². The summed E-state index contributed by atoms with van der Waals surface area (Å²) in [5.74, 6) is 0.520. The maximum Gasteiger partial charge on any atom is 0.0480 e. The smallest absolute Gasteiger partial charge is 0.0480 e. The van der Waals surface area contributed by atoms with Gasteiger partial charge in [0, 0.05) is 24.3 Å². The molecule has 0 bridgehead atoms. The monoisotopic (exact) mass is 202 g/mol. The van der Waals surface area contributed by atoms with Crippen LogP contribution in [0.1, 0.15) is 13.8 Å². The Morgan fingerprint density at radius 3 is 2.67 bits per heavy atom. The maximum atomic E-state index is 6.08. The summed E-state index contributed by atoms with van der Waals surface area (Å²) in [6.07, 6.45) is 2.12. The minimum absolute atomic E-state index is 0.223. The number of rotatable bonds is 3. The van der Waals surface area contributed by atoms with Gasteiger partial charge in [0.15, 0.2) is 0 Å². The Balaban J connectivity index is 2.29. The summed E-state index contributed by atoms with van der Waals surface area (Å²) in [5.41, 5.74) is 7.35. The molecule has 1 aromatic carbocycles. The van der Waals surface area contributed by atoms with E-state index in [0.29, 0.717) is 5.92 Å². The lowest BCUT2D eigenvalue weighted by Gasteiger charge is -2.17. The van der Waals surface area contributed by atoms with E-state index in [0.717, 1.165) is 6.54 Å². The molecule has 2 N–H and O–H groups in total. The van der Waals surface area contributed by atoms with Gasteiger partial charge in [-0.05, 0) is 23.4 Å². The molecule has 80 valence electrons. The Morgan fingerprint density at radius 2 is 1.93 bits per heavy atom. The molecule has 1 unspecified atom stereocenters. The Bertz CT molecular complexity index is 442. The number of fused-ring (bicyclic) bond motifs is 1. The normalized spacial score (nSPS) is 13.6. The molecule has 2 nitrogen and oxygen atoms in total. The molecule has 1 heterocycles. The van der Waals surface area contributed by atoms with Crippen molar-refractivity contribution < 1.29 is 0 Å². The Labute approximate surface area is 90.7 Å². The van der Waals surface area contributed by atoms with Gasteiger partial charge in [0.2, 0.25) is 0 Å². The van der Waals surface area contributed by atoms with E-state index in [9.17, 15) is 0 Å². The summed E-state index contributed by atoms with van der Waals surface area (Å²) in [6, 6.07) is 10.8. The van der Waals surface area contributed by atoms with Gasteiger partial charge in [-0.25, -0.2) is 0 Å². The molecule has 0 spiro atoms. The lowest BCUT2D eigenvalue weighted by Crippen LogP contribution is -2.31. The van der Waals surface area contributed by atoms with Crippen molar-refractivity contribution in [3.63, 3.8) is 0 Å². The molecule has 2 heteroatoms. The van der Waals surface area contributed by atoms with Crippen molar-refractivity contribution in [3.05, 3.63) is 36.5 Å². The average Bonchev–Trinajstić information content (AvgIpc) is 2.62. The summed E-state index contributed by atoms with van der Waals surface area (Å²) < 4.78 is 2.24. The fourth-order valence-corrected chi connectivity index (χ4v) is 1.74. The lowest BCUT2D eigenvalue weighted by molar-refractivity contribution is 0.439. The second-order valence-corrected chi connectivity index (χ2v) is 4.43. The average molecular weight is 202 g/mol. The molecule has 0 fully saturated rings. The van der Waals surface area contributed by atoms with E-state index in [2.05, 4.69) is 54.9 Å². The molecule has 2 rings (SSSR count). The molecule has 0 amide bonds. The summed E-state index contributed by atoms with van der Waals surface area (Å²) in [5, 5.41) is 1.29. The van der Waals surface area contributed by atoms with Gasteiger partial charge in [-0.1, -0.05) is 32.0 Å². The summed E-state index contributed by atoms with van der Waals surface area (Å²) in [6.45, 7) is 5.22. The van der Waals surface area contributed by atoms with Gasteiger partial charge in [0.1, 0.15) is 0 Å². The first kappa shape index (κ1) is 10.2. The van der Waals surface area contributed by atoms with Crippen LogP contribution in [0.25, 0.3) is 10.9 Å². The van der Waals surface area contributed by atoms with Crippen molar-refractivity contribution in [1.82, 2.24) is 4.57 Å². The van der Waals surface area contributed by atoms with Crippen LogP contribution in [0.5, 0.6) is 0 Å². The SMILES string of the molecule is CC(C)C(N)Cn1ccc2ccccc21. The number of hydrogen-bond donors (Lipinski definition) is 1. The van der Waals surface area contributed by atoms with Gasteiger partial charge in [-0.3, -0.25) is 0 Å². The number of nitrogens with two attached hydrogens (primary N) is 1. The summed E-state index contributed by atoms with van der Waals surface area (Å²) in [4.78, 5) is 0. The van der Waals surface area contributed by atoms with Crippen molar-refractivity contribution in [2.24, 2.45) is 11.7 Å². The Morgan fingerprint density at radius 1 is 1.20 bits per heavy atom. The van der Waals surface area contributed by atoms with Gasteiger partial charge in [0.25, 0.3) is 0 Å². The van der Waals surface area contributed by atoms with E-state index in [1.165, 1.54) is 10.9 Å². The van der Waals surface area contributed by atoms with Crippen molar-refractivity contribution in [1.29, 1.82) is 0 Å². The maximum absolute atomic E-state index is 6.08. The van der Waals surface area contributed by atoms with E-state index in [-0.39, 0.29) is 6.04 Å². The lowest BCUT2D eigenvalue weighted by atomic mass is 10.1. The van der Waals surface area contributed by atoms with E-state index < -0.39 is 0 Å². The first-order valence-corrected chi connectivity index (χ1v) is 5.48. The van der Waals surface area contributed by atoms with Gasteiger partial charge in [-0.2, -0.15) is 0 Å². The first-order chi connectivity index (χ1) is 7.18. The second kappa shape index (κ2) is 4.07. The zero-order valence-corrected chi connectivity index (χ0v) is 9.35. The van der Waals surface area contributed by atoms with Crippen molar-refractivity contribution in [2.75, 3.05) is 0 Å². The van der Waals surface area contributed by atoms with Crippen molar-refractivity contribution in [3.8, 4) is 0 Å². The standard InChI is InChI=1S/C13H18N2/c1-10(2)12(14)9-15-8-7-11-5-3-4-6-13(11)15/h3-8,10,12H,9,14H2,1-2H3. The van der Waals surface area contributed by atoms with Crippen molar-refractivity contribution in [2.45, 2.75) is 26.4 Å². The third kappa shape index (κ3) is 2.05. The van der Waals surface area contributed by atoms with Crippen LogP contribution in [-0.2, 0) is 6.54 Å². The number of hydrogen-bond acceptors (Lipinski definition) is 1. The Kier molecular flexibility index (Phi) is 2.78. The predicted octanol–water partition coefficient (Wildman–Crippen LogP) is 2.62. The molecule has 1 aromatic heterocycles. The zero-order valence-electron chi connectivity index (χ0n) is 9.35. The Hall–Kier alpha value is -1.28.